The van der Waals surface area contributed by atoms with Crippen molar-refractivity contribution in [2.24, 2.45) is 0 Å². The topological polar surface area (TPSA) is 29.3 Å². The minimum Gasteiger partial charge on any atom is -0.439 e. The molecule has 0 amide bonds. The molecule has 0 N–H and O–H groups in total. The van der Waals surface area contributed by atoms with Gasteiger partial charge in [0, 0.05) is 6.04 Å². The van der Waals surface area contributed by atoms with Crippen LogP contribution < -0.4 is 0 Å². The van der Waals surface area contributed by atoms with Gasteiger partial charge < -0.3 is 4.42 Å². The summed E-state index contributed by atoms with van der Waals surface area (Å²) < 4.78 is 6.16. The molecule has 1 aromatic carbocycles. The van der Waals surface area contributed by atoms with Gasteiger partial charge in [-0.15, -0.1) is 0 Å². The van der Waals surface area contributed by atoms with Gasteiger partial charge in [0.1, 0.15) is 5.52 Å². The van der Waals surface area contributed by atoms with Crippen molar-refractivity contribution in [3.05, 3.63) is 29.7 Å². The van der Waals surface area contributed by atoms with E-state index in [4.69, 9.17) is 9.40 Å². The Morgan fingerprint density at radius 1 is 1.05 bits per heavy atom. The third-order valence-corrected chi connectivity index (χ3v) is 5.43. The number of oxazole rings is 1. The second-order valence-corrected chi connectivity index (χ2v) is 7.06. The van der Waals surface area contributed by atoms with Crippen molar-refractivity contribution in [2.45, 2.75) is 70.4 Å². The largest absolute Gasteiger partial charge is 0.439 e. The zero-order valence-corrected chi connectivity index (χ0v) is 13.6. The van der Waals surface area contributed by atoms with E-state index in [1.165, 1.54) is 63.5 Å². The highest BCUT2D eigenvalue weighted by atomic mass is 16.3. The number of nitrogens with zero attached hydrogens (tertiary/aromatic N) is 2. The average Bonchev–Trinajstić information content (AvgIpc) is 2.98. The second-order valence-electron chi connectivity index (χ2n) is 7.06. The van der Waals surface area contributed by atoms with Gasteiger partial charge in [0.25, 0.3) is 0 Å². The van der Waals surface area contributed by atoms with Gasteiger partial charge >= 0.3 is 0 Å². The number of aryl methyl sites for hydroxylation is 1. The van der Waals surface area contributed by atoms with Gasteiger partial charge in [-0.1, -0.05) is 31.7 Å². The molecule has 0 spiro atoms. The number of aromatic nitrogens is 1. The summed E-state index contributed by atoms with van der Waals surface area (Å²) in [6, 6.07) is 7.46. The van der Waals surface area contributed by atoms with Crippen molar-refractivity contribution in [1.82, 2.24) is 9.88 Å². The maximum atomic E-state index is 6.16. The van der Waals surface area contributed by atoms with Crippen molar-refractivity contribution in [2.75, 3.05) is 6.54 Å². The Labute approximate surface area is 132 Å². The number of likely N-dealkylation sites (tertiary alicyclic amines) is 1. The van der Waals surface area contributed by atoms with Crippen LogP contribution in [-0.2, 0) is 0 Å². The van der Waals surface area contributed by atoms with Crippen molar-refractivity contribution in [1.29, 1.82) is 0 Å². The van der Waals surface area contributed by atoms with Crippen LogP contribution >= 0.6 is 0 Å². The van der Waals surface area contributed by atoms with Crippen LogP contribution in [0.25, 0.3) is 11.1 Å². The Balaban J connectivity index is 1.64. The predicted molar refractivity (Wildman–Crippen MR) is 88.9 cm³/mol. The number of benzene rings is 1. The van der Waals surface area contributed by atoms with E-state index in [0.717, 1.165) is 23.0 Å². The standard InChI is InChI=1S/C19H26N2O/c1-14-10-11-16-18(13-14)22-19(20-16)17-9-5-6-12-21(17)15-7-3-2-4-8-15/h10-11,13,15,17H,2-9,12H2,1H3. The van der Waals surface area contributed by atoms with E-state index in [1.807, 2.05) is 0 Å². The predicted octanol–water partition coefficient (Wildman–Crippen LogP) is 5.00. The van der Waals surface area contributed by atoms with Crippen LogP contribution in [0.2, 0.25) is 0 Å². The summed E-state index contributed by atoms with van der Waals surface area (Å²) in [5.74, 6) is 0.950. The van der Waals surface area contributed by atoms with E-state index in [9.17, 15) is 0 Å². The highest BCUT2D eigenvalue weighted by Crippen LogP contribution is 2.37. The highest BCUT2D eigenvalue weighted by molar-refractivity contribution is 5.73. The quantitative estimate of drug-likeness (QED) is 0.781. The van der Waals surface area contributed by atoms with Gasteiger partial charge in [0.05, 0.1) is 6.04 Å². The first-order valence-corrected chi connectivity index (χ1v) is 8.94. The fourth-order valence-corrected chi connectivity index (χ4v) is 4.26. The van der Waals surface area contributed by atoms with E-state index in [2.05, 4.69) is 30.0 Å². The number of hydrogen-bond donors (Lipinski definition) is 0. The second kappa shape index (κ2) is 6.04. The van der Waals surface area contributed by atoms with Crippen LogP contribution in [-0.4, -0.2) is 22.5 Å². The molecule has 1 unspecified atom stereocenters. The molecule has 3 nitrogen and oxygen atoms in total. The molecular weight excluding hydrogens is 272 g/mol. The van der Waals surface area contributed by atoms with E-state index in [0.29, 0.717) is 6.04 Å². The Morgan fingerprint density at radius 2 is 1.86 bits per heavy atom. The first kappa shape index (κ1) is 14.3. The molecule has 1 saturated heterocycles. The molecule has 1 aliphatic heterocycles. The summed E-state index contributed by atoms with van der Waals surface area (Å²) in [5, 5.41) is 0. The summed E-state index contributed by atoms with van der Waals surface area (Å²) >= 11 is 0. The Hall–Kier alpha value is -1.35. The van der Waals surface area contributed by atoms with E-state index >= 15 is 0 Å². The Kier molecular flexibility index (Phi) is 3.91. The summed E-state index contributed by atoms with van der Waals surface area (Å²) in [6.07, 6.45) is 10.7. The monoisotopic (exact) mass is 298 g/mol. The van der Waals surface area contributed by atoms with Gasteiger partial charge in [0.2, 0.25) is 5.89 Å². The zero-order chi connectivity index (χ0) is 14.9. The lowest BCUT2D eigenvalue weighted by Gasteiger charge is -2.41. The normalized spacial score (nSPS) is 24.9. The lowest BCUT2D eigenvalue weighted by Crippen LogP contribution is -2.42. The SMILES string of the molecule is Cc1ccc2nc(C3CCCCN3C3CCCCC3)oc2c1. The van der Waals surface area contributed by atoms with Gasteiger partial charge in [-0.2, -0.15) is 0 Å². The molecule has 22 heavy (non-hydrogen) atoms. The smallest absolute Gasteiger partial charge is 0.212 e. The number of hydrogen-bond acceptors (Lipinski definition) is 3. The zero-order valence-electron chi connectivity index (χ0n) is 13.6. The molecule has 0 radical (unpaired) electrons. The lowest BCUT2D eigenvalue weighted by atomic mass is 9.90. The van der Waals surface area contributed by atoms with Crippen molar-refractivity contribution in [3.63, 3.8) is 0 Å². The molecule has 0 bridgehead atoms. The van der Waals surface area contributed by atoms with Gasteiger partial charge in [-0.05, 0) is 56.8 Å². The minimum atomic E-state index is 0.393. The molecule has 2 aromatic rings. The summed E-state index contributed by atoms with van der Waals surface area (Å²) in [5.41, 5.74) is 3.20. The fraction of sp³-hybridized carbons (Fsp3) is 0.632. The van der Waals surface area contributed by atoms with E-state index < -0.39 is 0 Å². The molecule has 3 heteroatoms. The average molecular weight is 298 g/mol. The highest BCUT2D eigenvalue weighted by Gasteiger charge is 2.33. The van der Waals surface area contributed by atoms with Gasteiger partial charge in [0.15, 0.2) is 5.58 Å². The summed E-state index contributed by atoms with van der Waals surface area (Å²) in [6.45, 7) is 3.32. The van der Waals surface area contributed by atoms with Crippen LogP contribution in [0.1, 0.15) is 68.9 Å². The molecule has 4 rings (SSSR count). The van der Waals surface area contributed by atoms with Crippen LogP contribution in [0.4, 0.5) is 0 Å². The van der Waals surface area contributed by atoms with E-state index in [1.54, 1.807) is 0 Å². The molecule has 1 aromatic heterocycles. The van der Waals surface area contributed by atoms with Crippen LogP contribution in [0, 0.1) is 6.92 Å². The maximum absolute atomic E-state index is 6.16. The van der Waals surface area contributed by atoms with Gasteiger partial charge in [-0.3, -0.25) is 4.90 Å². The van der Waals surface area contributed by atoms with Crippen LogP contribution in [0.5, 0.6) is 0 Å². The Bertz CT molecular complexity index is 642. The Morgan fingerprint density at radius 3 is 2.73 bits per heavy atom. The third kappa shape index (κ3) is 2.67. The van der Waals surface area contributed by atoms with Crippen molar-refractivity contribution in [3.8, 4) is 0 Å². The van der Waals surface area contributed by atoms with E-state index in [-0.39, 0.29) is 0 Å². The molecule has 2 fully saturated rings. The van der Waals surface area contributed by atoms with Crippen molar-refractivity contribution >= 4 is 11.1 Å². The maximum Gasteiger partial charge on any atom is 0.212 e. The molecule has 2 aliphatic rings. The molecule has 1 saturated carbocycles. The minimum absolute atomic E-state index is 0.393. The summed E-state index contributed by atoms with van der Waals surface area (Å²) in [4.78, 5) is 7.52. The summed E-state index contributed by atoms with van der Waals surface area (Å²) in [7, 11) is 0. The third-order valence-electron chi connectivity index (χ3n) is 5.43. The molecular formula is C19H26N2O. The number of fused-ring (bicyclic) bond motifs is 1. The number of piperidine rings is 1. The van der Waals surface area contributed by atoms with Gasteiger partial charge in [-0.25, -0.2) is 4.98 Å². The molecule has 2 heterocycles. The lowest BCUT2D eigenvalue weighted by molar-refractivity contribution is 0.0585. The fourth-order valence-electron chi connectivity index (χ4n) is 4.26. The molecule has 1 aliphatic carbocycles. The molecule has 1 atom stereocenters. The van der Waals surface area contributed by atoms with Crippen molar-refractivity contribution < 1.29 is 4.42 Å². The number of rotatable bonds is 2. The first-order chi connectivity index (χ1) is 10.8. The first-order valence-electron chi connectivity index (χ1n) is 8.94. The van der Waals surface area contributed by atoms with Crippen LogP contribution in [0.15, 0.2) is 22.6 Å². The van der Waals surface area contributed by atoms with Crippen LogP contribution in [0.3, 0.4) is 0 Å². The molecule has 118 valence electrons.